The van der Waals surface area contributed by atoms with E-state index in [9.17, 15) is 8.42 Å². The molecular weight excluding hydrogens is 314 g/mol. The summed E-state index contributed by atoms with van der Waals surface area (Å²) in [6.07, 6.45) is 0. The zero-order valence-electron chi connectivity index (χ0n) is 13.3. The van der Waals surface area contributed by atoms with Gasteiger partial charge in [-0.1, -0.05) is 23.8 Å². The summed E-state index contributed by atoms with van der Waals surface area (Å²) in [5.41, 5.74) is 1.93. The average molecular weight is 333 g/mol. The number of methoxy groups -OCH3 is 2. The van der Waals surface area contributed by atoms with Crippen molar-refractivity contribution >= 4 is 10.0 Å². The minimum atomic E-state index is -3.45. The molecule has 1 aliphatic heterocycles. The van der Waals surface area contributed by atoms with Crippen LogP contribution in [0.1, 0.15) is 17.2 Å². The van der Waals surface area contributed by atoms with E-state index in [1.54, 1.807) is 32.4 Å². The molecule has 1 fully saturated rings. The summed E-state index contributed by atoms with van der Waals surface area (Å²) in [7, 11) is -0.317. The topological polar surface area (TPSA) is 55.6 Å². The Labute approximate surface area is 136 Å². The lowest BCUT2D eigenvalue weighted by atomic mass is 10.1. The minimum absolute atomic E-state index is 0.152. The number of hydrogen-bond acceptors (Lipinski definition) is 4. The lowest BCUT2D eigenvalue weighted by Gasteiger charge is -2.10. The molecule has 1 saturated heterocycles. The van der Waals surface area contributed by atoms with Gasteiger partial charge in [0, 0.05) is 6.54 Å². The molecule has 122 valence electrons. The molecule has 0 spiro atoms. The SMILES string of the molecule is COc1ccc(C2CN2S(=O)(=O)c2ccc(C)cc2)cc1OC. The van der Waals surface area contributed by atoms with Gasteiger partial charge in [0.2, 0.25) is 10.0 Å². The highest BCUT2D eigenvalue weighted by Gasteiger charge is 2.45. The lowest BCUT2D eigenvalue weighted by molar-refractivity contribution is 0.354. The van der Waals surface area contributed by atoms with E-state index in [1.165, 1.54) is 4.31 Å². The molecule has 0 saturated carbocycles. The maximum absolute atomic E-state index is 12.6. The van der Waals surface area contributed by atoms with Crippen molar-refractivity contribution < 1.29 is 17.9 Å². The highest BCUT2D eigenvalue weighted by atomic mass is 32.2. The highest BCUT2D eigenvalue weighted by molar-refractivity contribution is 7.89. The van der Waals surface area contributed by atoms with Gasteiger partial charge < -0.3 is 9.47 Å². The van der Waals surface area contributed by atoms with Gasteiger partial charge in [0.25, 0.3) is 0 Å². The summed E-state index contributed by atoms with van der Waals surface area (Å²) in [5, 5.41) is 0. The van der Waals surface area contributed by atoms with Gasteiger partial charge in [-0.3, -0.25) is 0 Å². The van der Waals surface area contributed by atoms with Crippen molar-refractivity contribution in [1.82, 2.24) is 4.31 Å². The smallest absolute Gasteiger partial charge is 0.243 e. The van der Waals surface area contributed by atoms with Crippen molar-refractivity contribution in [3.63, 3.8) is 0 Å². The molecule has 2 atom stereocenters. The normalized spacial score (nSPS) is 20.1. The van der Waals surface area contributed by atoms with Crippen LogP contribution >= 0.6 is 0 Å². The van der Waals surface area contributed by atoms with E-state index < -0.39 is 10.0 Å². The number of benzene rings is 2. The van der Waals surface area contributed by atoms with Gasteiger partial charge in [0.05, 0.1) is 25.2 Å². The van der Waals surface area contributed by atoms with Crippen LogP contribution in [0.15, 0.2) is 47.4 Å². The van der Waals surface area contributed by atoms with Gasteiger partial charge in [0.1, 0.15) is 0 Å². The van der Waals surface area contributed by atoms with Crippen LogP contribution in [0.25, 0.3) is 0 Å². The Morgan fingerprint density at radius 1 is 1.00 bits per heavy atom. The number of rotatable bonds is 5. The van der Waals surface area contributed by atoms with Crippen molar-refractivity contribution in [2.75, 3.05) is 20.8 Å². The summed E-state index contributed by atoms with van der Waals surface area (Å²) < 4.78 is 37.2. The average Bonchev–Trinajstić information content (AvgIpc) is 3.36. The van der Waals surface area contributed by atoms with Crippen LogP contribution in [0.5, 0.6) is 11.5 Å². The fraction of sp³-hybridized carbons (Fsp3) is 0.294. The Morgan fingerprint density at radius 3 is 2.26 bits per heavy atom. The van der Waals surface area contributed by atoms with E-state index in [-0.39, 0.29) is 6.04 Å². The van der Waals surface area contributed by atoms with Crippen LogP contribution in [-0.4, -0.2) is 33.5 Å². The summed E-state index contributed by atoms with van der Waals surface area (Å²) in [6.45, 7) is 2.41. The molecule has 3 rings (SSSR count). The number of ether oxygens (including phenoxy) is 2. The third-order valence-electron chi connectivity index (χ3n) is 3.99. The zero-order chi connectivity index (χ0) is 16.6. The highest BCUT2D eigenvalue weighted by Crippen LogP contribution is 2.42. The van der Waals surface area contributed by atoms with Crippen molar-refractivity contribution in [2.24, 2.45) is 0 Å². The third-order valence-corrected chi connectivity index (χ3v) is 5.88. The molecule has 2 aromatic carbocycles. The van der Waals surface area contributed by atoms with Gasteiger partial charge in [0.15, 0.2) is 11.5 Å². The van der Waals surface area contributed by atoms with Crippen molar-refractivity contribution in [3.05, 3.63) is 53.6 Å². The Morgan fingerprint density at radius 2 is 1.65 bits per heavy atom. The molecule has 1 heterocycles. The minimum Gasteiger partial charge on any atom is -0.493 e. The van der Waals surface area contributed by atoms with E-state index in [0.29, 0.717) is 22.9 Å². The maximum atomic E-state index is 12.6. The molecule has 1 aliphatic rings. The second kappa shape index (κ2) is 5.86. The standard InChI is InChI=1S/C17H19NO4S/c1-12-4-7-14(8-5-12)23(19,20)18-11-15(18)13-6-9-16(21-2)17(10-13)22-3/h4-10,15H,11H2,1-3H3. The molecule has 0 aliphatic carbocycles. The van der Waals surface area contributed by atoms with E-state index in [1.807, 2.05) is 31.2 Å². The predicted octanol–water partition coefficient (Wildman–Crippen LogP) is 2.76. The van der Waals surface area contributed by atoms with Crippen molar-refractivity contribution in [1.29, 1.82) is 0 Å². The second-order valence-electron chi connectivity index (χ2n) is 5.52. The van der Waals surface area contributed by atoms with Crippen molar-refractivity contribution in [2.45, 2.75) is 17.9 Å². The summed E-state index contributed by atoms with van der Waals surface area (Å²) in [6, 6.07) is 12.3. The quantitative estimate of drug-likeness (QED) is 0.790. The van der Waals surface area contributed by atoms with Crippen LogP contribution in [0.2, 0.25) is 0 Å². The summed E-state index contributed by atoms with van der Waals surface area (Å²) in [4.78, 5) is 0.325. The molecule has 0 aromatic heterocycles. The van der Waals surface area contributed by atoms with Crippen LogP contribution < -0.4 is 9.47 Å². The summed E-state index contributed by atoms with van der Waals surface area (Å²) >= 11 is 0. The first-order valence-electron chi connectivity index (χ1n) is 7.28. The van der Waals surface area contributed by atoms with Gasteiger partial charge >= 0.3 is 0 Å². The summed E-state index contributed by atoms with van der Waals surface area (Å²) in [5.74, 6) is 1.23. The molecule has 5 nitrogen and oxygen atoms in total. The zero-order valence-corrected chi connectivity index (χ0v) is 14.1. The predicted molar refractivity (Wildman–Crippen MR) is 87.4 cm³/mol. The number of hydrogen-bond donors (Lipinski definition) is 0. The van der Waals surface area contributed by atoms with Crippen molar-refractivity contribution in [3.8, 4) is 11.5 Å². The molecular formula is C17H19NO4S. The van der Waals surface area contributed by atoms with Crippen LogP contribution in [0.3, 0.4) is 0 Å². The lowest BCUT2D eigenvalue weighted by Crippen LogP contribution is -2.12. The van der Waals surface area contributed by atoms with Gasteiger partial charge in [-0.05, 0) is 36.8 Å². The van der Waals surface area contributed by atoms with E-state index in [0.717, 1.165) is 11.1 Å². The fourth-order valence-corrected chi connectivity index (χ4v) is 4.11. The first-order chi connectivity index (χ1) is 11.0. The van der Waals surface area contributed by atoms with Crippen LogP contribution in [-0.2, 0) is 10.0 Å². The maximum Gasteiger partial charge on any atom is 0.243 e. The first kappa shape index (κ1) is 15.8. The van der Waals surface area contributed by atoms with E-state index in [4.69, 9.17) is 9.47 Å². The Balaban J connectivity index is 1.85. The Bertz CT molecular complexity index is 815. The third kappa shape index (κ3) is 2.92. The van der Waals surface area contributed by atoms with Gasteiger partial charge in [-0.2, -0.15) is 4.31 Å². The van der Waals surface area contributed by atoms with E-state index >= 15 is 0 Å². The van der Waals surface area contributed by atoms with Gasteiger partial charge in [-0.25, -0.2) is 8.42 Å². The van der Waals surface area contributed by atoms with Crippen LogP contribution in [0.4, 0.5) is 0 Å². The second-order valence-corrected chi connectivity index (χ2v) is 7.41. The molecule has 2 unspecified atom stereocenters. The molecule has 6 heteroatoms. The van der Waals surface area contributed by atoms with Gasteiger partial charge in [-0.15, -0.1) is 0 Å². The number of sulfonamides is 1. The molecule has 2 aromatic rings. The molecule has 0 N–H and O–H groups in total. The number of nitrogens with zero attached hydrogens (tertiary/aromatic N) is 1. The molecule has 0 amide bonds. The number of aryl methyl sites for hydroxylation is 1. The molecule has 0 bridgehead atoms. The largest absolute Gasteiger partial charge is 0.493 e. The monoisotopic (exact) mass is 333 g/mol. The molecule has 0 radical (unpaired) electrons. The molecule has 23 heavy (non-hydrogen) atoms. The first-order valence-corrected chi connectivity index (χ1v) is 8.72. The Hall–Kier alpha value is -2.05. The van der Waals surface area contributed by atoms with E-state index in [2.05, 4.69) is 0 Å². The Kier molecular flexibility index (Phi) is 4.04. The fourth-order valence-electron chi connectivity index (χ4n) is 2.57. The van der Waals surface area contributed by atoms with Crippen LogP contribution in [0, 0.1) is 6.92 Å².